The number of aromatic amines is 1. The van der Waals surface area contributed by atoms with Gasteiger partial charge in [-0.2, -0.15) is 23.7 Å². The average molecular weight is 383 g/mol. The van der Waals surface area contributed by atoms with Gasteiger partial charge >= 0.3 is 6.55 Å². The first kappa shape index (κ1) is 16.6. The average Bonchev–Trinajstić information content (AvgIpc) is 3.44. The molecule has 5 rings (SSSR count). The molecule has 0 aliphatic carbocycles. The number of hydrogen-bond donors (Lipinski definition) is 1. The molecular formula is C18H15F2N7O. The van der Waals surface area contributed by atoms with Gasteiger partial charge in [0.25, 0.3) is 5.91 Å². The molecule has 1 aliphatic heterocycles. The molecule has 1 N–H and O–H groups in total. The Morgan fingerprint density at radius 2 is 2.18 bits per heavy atom. The number of halogens is 2. The Hall–Kier alpha value is -3.56. The molecule has 10 heteroatoms. The standard InChI is InChI=1S/C18H15F2N7O/c19-18(20)27-14(4-6-23-27)17(28)25-8-5-12-15(22-10-21-12)16(25)13-9-11-3-1-2-7-26(11)24-13/h1-4,6-7,9-10,16,18H,5,8H2,(H,21,22)/t16-/m0/s1. The van der Waals surface area contributed by atoms with Gasteiger partial charge in [-0.25, -0.2) is 9.50 Å². The van der Waals surface area contributed by atoms with Crippen LogP contribution < -0.4 is 0 Å². The Labute approximate surface area is 157 Å². The van der Waals surface area contributed by atoms with Crippen molar-refractivity contribution in [1.29, 1.82) is 0 Å². The maximum Gasteiger partial charge on any atom is 0.333 e. The van der Waals surface area contributed by atoms with Crippen LogP contribution in [0.3, 0.4) is 0 Å². The van der Waals surface area contributed by atoms with Crippen LogP contribution >= 0.6 is 0 Å². The van der Waals surface area contributed by atoms with Crippen molar-refractivity contribution >= 4 is 11.4 Å². The second-order valence-electron chi connectivity index (χ2n) is 6.50. The van der Waals surface area contributed by atoms with Crippen molar-refractivity contribution in [2.24, 2.45) is 0 Å². The highest BCUT2D eigenvalue weighted by molar-refractivity contribution is 5.93. The van der Waals surface area contributed by atoms with Crippen LogP contribution in [0.2, 0.25) is 0 Å². The molecule has 5 heterocycles. The van der Waals surface area contributed by atoms with Crippen LogP contribution in [0.5, 0.6) is 0 Å². The summed E-state index contributed by atoms with van der Waals surface area (Å²) in [6.45, 7) is -2.55. The van der Waals surface area contributed by atoms with Gasteiger partial charge < -0.3 is 9.88 Å². The molecule has 0 radical (unpaired) electrons. The molecule has 0 unspecified atom stereocenters. The zero-order valence-electron chi connectivity index (χ0n) is 14.5. The van der Waals surface area contributed by atoms with Crippen LogP contribution in [0.25, 0.3) is 5.52 Å². The minimum absolute atomic E-state index is 0.164. The highest BCUT2D eigenvalue weighted by atomic mass is 19.3. The fraction of sp³-hybridized carbons (Fsp3) is 0.222. The molecule has 0 bridgehead atoms. The van der Waals surface area contributed by atoms with Gasteiger partial charge in [0.1, 0.15) is 11.7 Å². The molecule has 1 atom stereocenters. The summed E-state index contributed by atoms with van der Waals surface area (Å²) in [6, 6.07) is 8.25. The topological polar surface area (TPSA) is 84.1 Å². The third kappa shape index (κ3) is 2.48. The molecule has 4 aromatic heterocycles. The van der Waals surface area contributed by atoms with Crippen LogP contribution in [0.4, 0.5) is 8.78 Å². The Morgan fingerprint density at radius 3 is 3.00 bits per heavy atom. The quantitative estimate of drug-likeness (QED) is 0.589. The van der Waals surface area contributed by atoms with Gasteiger partial charge in [-0.05, 0) is 24.3 Å². The summed E-state index contributed by atoms with van der Waals surface area (Å²) in [5.74, 6) is -0.534. The molecule has 0 saturated carbocycles. The van der Waals surface area contributed by atoms with E-state index in [1.807, 2.05) is 30.5 Å². The molecule has 0 spiro atoms. The van der Waals surface area contributed by atoms with Gasteiger partial charge in [0.2, 0.25) is 0 Å². The first-order chi connectivity index (χ1) is 13.6. The summed E-state index contributed by atoms with van der Waals surface area (Å²) >= 11 is 0. The van der Waals surface area contributed by atoms with E-state index in [1.54, 1.807) is 10.8 Å². The van der Waals surface area contributed by atoms with Gasteiger partial charge in [-0.15, -0.1) is 0 Å². The molecule has 0 saturated heterocycles. The van der Waals surface area contributed by atoms with E-state index in [0.29, 0.717) is 29.0 Å². The van der Waals surface area contributed by atoms with E-state index >= 15 is 0 Å². The van der Waals surface area contributed by atoms with Crippen molar-refractivity contribution < 1.29 is 13.6 Å². The molecule has 8 nitrogen and oxygen atoms in total. The Kier molecular flexibility index (Phi) is 3.71. The van der Waals surface area contributed by atoms with Gasteiger partial charge in [-0.1, -0.05) is 6.07 Å². The maximum atomic E-state index is 13.2. The number of nitrogens with one attached hydrogen (secondary N) is 1. The van der Waals surface area contributed by atoms with Crippen LogP contribution in [0.1, 0.15) is 40.2 Å². The Bertz CT molecular complexity index is 1130. The van der Waals surface area contributed by atoms with Gasteiger partial charge in [-0.3, -0.25) is 4.79 Å². The SMILES string of the molecule is O=C(c1ccnn1C(F)F)N1CCc2[nH]cnc2[C@@H]1c1cc2ccccn2n1. The van der Waals surface area contributed by atoms with Crippen molar-refractivity contribution in [2.75, 3.05) is 6.54 Å². The van der Waals surface area contributed by atoms with Crippen molar-refractivity contribution in [2.45, 2.75) is 19.0 Å². The maximum absolute atomic E-state index is 13.2. The summed E-state index contributed by atoms with van der Waals surface area (Å²) in [4.78, 5) is 22.2. The van der Waals surface area contributed by atoms with E-state index in [0.717, 1.165) is 11.2 Å². The van der Waals surface area contributed by atoms with E-state index in [-0.39, 0.29) is 5.69 Å². The van der Waals surface area contributed by atoms with Crippen LogP contribution in [0.15, 0.2) is 49.1 Å². The summed E-state index contributed by atoms with van der Waals surface area (Å²) in [6.07, 6.45) is 5.13. The highest BCUT2D eigenvalue weighted by Gasteiger charge is 2.37. The largest absolute Gasteiger partial charge is 0.348 e. The molecule has 28 heavy (non-hydrogen) atoms. The van der Waals surface area contributed by atoms with E-state index in [2.05, 4.69) is 20.2 Å². The van der Waals surface area contributed by atoms with Gasteiger partial charge in [0, 0.05) is 31.1 Å². The van der Waals surface area contributed by atoms with Crippen LogP contribution in [-0.2, 0) is 6.42 Å². The van der Waals surface area contributed by atoms with E-state index in [9.17, 15) is 13.6 Å². The monoisotopic (exact) mass is 383 g/mol. The second kappa shape index (κ2) is 6.25. The molecule has 0 aromatic carbocycles. The van der Waals surface area contributed by atoms with Crippen molar-refractivity contribution in [3.8, 4) is 0 Å². The van der Waals surface area contributed by atoms with E-state index < -0.39 is 18.5 Å². The van der Waals surface area contributed by atoms with E-state index in [1.165, 1.54) is 17.2 Å². The molecular weight excluding hydrogens is 368 g/mol. The van der Waals surface area contributed by atoms with Crippen LogP contribution in [-0.4, -0.2) is 46.7 Å². The van der Waals surface area contributed by atoms with Crippen molar-refractivity contribution in [3.63, 3.8) is 0 Å². The lowest BCUT2D eigenvalue weighted by Gasteiger charge is -2.33. The number of aromatic nitrogens is 6. The molecule has 1 aliphatic rings. The molecule has 4 aromatic rings. The molecule has 0 fully saturated rings. The third-order valence-corrected chi connectivity index (χ3v) is 4.93. The highest BCUT2D eigenvalue weighted by Crippen LogP contribution is 2.34. The fourth-order valence-electron chi connectivity index (χ4n) is 3.67. The minimum Gasteiger partial charge on any atom is -0.348 e. The minimum atomic E-state index is -2.90. The lowest BCUT2D eigenvalue weighted by Crippen LogP contribution is -2.41. The summed E-state index contributed by atoms with van der Waals surface area (Å²) in [5, 5.41) is 8.16. The van der Waals surface area contributed by atoms with Crippen molar-refractivity contribution in [1.82, 2.24) is 34.3 Å². The number of imidazole rings is 1. The number of nitrogens with zero attached hydrogens (tertiary/aromatic N) is 6. The zero-order valence-corrected chi connectivity index (χ0v) is 14.5. The fourth-order valence-corrected chi connectivity index (χ4v) is 3.67. The Morgan fingerprint density at radius 1 is 1.29 bits per heavy atom. The lowest BCUT2D eigenvalue weighted by molar-refractivity contribution is 0.0441. The summed E-state index contributed by atoms with van der Waals surface area (Å²) in [5.41, 5.74) is 2.91. The number of H-pyrrole nitrogens is 1. The predicted molar refractivity (Wildman–Crippen MR) is 93.8 cm³/mol. The van der Waals surface area contributed by atoms with Gasteiger partial charge in [0.05, 0.1) is 23.2 Å². The predicted octanol–water partition coefficient (Wildman–Crippen LogP) is 2.44. The number of alkyl halides is 2. The number of pyridine rings is 1. The Balaban J connectivity index is 1.62. The number of hydrogen-bond acceptors (Lipinski definition) is 4. The lowest BCUT2D eigenvalue weighted by atomic mass is 9.99. The van der Waals surface area contributed by atoms with Gasteiger partial charge in [0.15, 0.2) is 0 Å². The third-order valence-electron chi connectivity index (χ3n) is 4.93. The number of carbonyl (C=O) groups excluding carboxylic acids is 1. The number of rotatable bonds is 3. The number of amides is 1. The number of fused-ring (bicyclic) bond motifs is 2. The van der Waals surface area contributed by atoms with Crippen molar-refractivity contribution in [3.05, 3.63) is 71.8 Å². The first-order valence-electron chi connectivity index (χ1n) is 8.72. The van der Waals surface area contributed by atoms with Crippen LogP contribution in [0, 0.1) is 0 Å². The summed E-state index contributed by atoms with van der Waals surface area (Å²) < 4.78 is 28.6. The van der Waals surface area contributed by atoms with E-state index in [4.69, 9.17) is 0 Å². The smallest absolute Gasteiger partial charge is 0.333 e. The molecule has 142 valence electrons. The molecule has 1 amide bonds. The normalized spacial score (nSPS) is 16.7. The summed E-state index contributed by atoms with van der Waals surface area (Å²) in [7, 11) is 0. The second-order valence-corrected chi connectivity index (χ2v) is 6.50. The first-order valence-corrected chi connectivity index (χ1v) is 8.72. The zero-order chi connectivity index (χ0) is 19.3. The number of carbonyl (C=O) groups is 1.